The number of carbonyl (C=O) groups is 2. The second kappa shape index (κ2) is 6.79. The molecule has 0 atom stereocenters. The van der Waals surface area contributed by atoms with E-state index in [2.05, 4.69) is 17.6 Å². The minimum Gasteiger partial charge on any atom is -0.480 e. The number of carbonyl (C=O) groups excluding carboxylic acids is 1. The van der Waals surface area contributed by atoms with Crippen LogP contribution in [0.4, 0.5) is 10.5 Å². The number of rotatable bonds is 6. The Kier molecular flexibility index (Phi) is 5.03. The third-order valence-electron chi connectivity index (χ3n) is 4.05. The molecule has 1 fully saturated rings. The lowest BCUT2D eigenvalue weighted by atomic mass is 9.68. The molecule has 1 saturated carbocycles. The molecule has 1 aliphatic rings. The van der Waals surface area contributed by atoms with E-state index in [0.717, 1.165) is 12.8 Å². The lowest BCUT2D eigenvalue weighted by Crippen LogP contribution is -2.63. The molecule has 0 bridgehead atoms. The third-order valence-corrected chi connectivity index (χ3v) is 4.05. The van der Waals surface area contributed by atoms with E-state index in [0.29, 0.717) is 5.69 Å². The summed E-state index contributed by atoms with van der Waals surface area (Å²) in [5.74, 6) is -1.13. The summed E-state index contributed by atoms with van der Waals surface area (Å²) >= 11 is 0. The Labute approximate surface area is 129 Å². The predicted octanol–water partition coefficient (Wildman–Crippen LogP) is 1.99. The van der Waals surface area contributed by atoms with E-state index >= 15 is 0 Å². The van der Waals surface area contributed by atoms with Gasteiger partial charge in [-0.1, -0.05) is 25.5 Å². The van der Waals surface area contributed by atoms with E-state index in [9.17, 15) is 14.7 Å². The van der Waals surface area contributed by atoms with Gasteiger partial charge in [0.25, 0.3) is 0 Å². The van der Waals surface area contributed by atoms with Gasteiger partial charge in [0.05, 0.1) is 0 Å². The van der Waals surface area contributed by atoms with Crippen LogP contribution in [0.5, 0.6) is 0 Å². The molecule has 0 saturated heterocycles. The van der Waals surface area contributed by atoms with Crippen molar-refractivity contribution < 1.29 is 19.8 Å². The molecular formula is C16H22N2O4. The monoisotopic (exact) mass is 306 g/mol. The number of amides is 2. The number of aliphatic hydroxyl groups excluding tert-OH is 1. The summed E-state index contributed by atoms with van der Waals surface area (Å²) in [6, 6.07) is 6.95. The van der Waals surface area contributed by atoms with Gasteiger partial charge in [0.1, 0.15) is 5.54 Å². The lowest BCUT2D eigenvalue weighted by molar-refractivity contribution is -0.151. The summed E-state index contributed by atoms with van der Waals surface area (Å²) < 4.78 is 0. The summed E-state index contributed by atoms with van der Waals surface area (Å²) in [5.41, 5.74) is 0.552. The van der Waals surface area contributed by atoms with Crippen LogP contribution in [0, 0.1) is 5.92 Å². The highest BCUT2D eigenvalue weighted by Crippen LogP contribution is 2.37. The maximum atomic E-state index is 12.0. The van der Waals surface area contributed by atoms with Gasteiger partial charge in [-0.15, -0.1) is 0 Å². The average Bonchev–Trinajstić information content (AvgIpc) is 2.44. The molecule has 0 radical (unpaired) electrons. The first-order valence-electron chi connectivity index (χ1n) is 7.51. The Morgan fingerprint density at radius 3 is 2.41 bits per heavy atom. The van der Waals surface area contributed by atoms with Crippen LogP contribution in [0.25, 0.3) is 0 Å². The van der Waals surface area contributed by atoms with Gasteiger partial charge in [0.2, 0.25) is 0 Å². The number of carboxylic acid groups (broad SMARTS) is 1. The van der Waals surface area contributed by atoms with Crippen molar-refractivity contribution in [2.24, 2.45) is 5.92 Å². The van der Waals surface area contributed by atoms with Crippen LogP contribution in [0.15, 0.2) is 24.3 Å². The highest BCUT2D eigenvalue weighted by Gasteiger charge is 2.51. The first-order valence-corrected chi connectivity index (χ1v) is 7.51. The molecule has 2 amide bonds. The quantitative estimate of drug-likeness (QED) is 0.646. The second-order valence-corrected chi connectivity index (χ2v) is 5.87. The minimum absolute atomic E-state index is 0.0583. The van der Waals surface area contributed by atoms with Gasteiger partial charge in [-0.3, -0.25) is 0 Å². The molecule has 1 aromatic rings. The zero-order valence-corrected chi connectivity index (χ0v) is 12.6. The number of carboxylic acids is 1. The van der Waals surface area contributed by atoms with Gasteiger partial charge in [-0.05, 0) is 42.9 Å². The van der Waals surface area contributed by atoms with Gasteiger partial charge in [-0.2, -0.15) is 0 Å². The maximum absolute atomic E-state index is 12.0. The zero-order chi connectivity index (χ0) is 16.2. The van der Waals surface area contributed by atoms with Crippen LogP contribution in [0.1, 0.15) is 31.7 Å². The number of aliphatic carboxylic acids is 1. The van der Waals surface area contributed by atoms with E-state index in [1.807, 2.05) is 12.1 Å². The van der Waals surface area contributed by atoms with E-state index < -0.39 is 17.5 Å². The zero-order valence-electron chi connectivity index (χ0n) is 12.6. The molecule has 0 heterocycles. The smallest absolute Gasteiger partial charge is 0.329 e. The number of benzene rings is 1. The highest BCUT2D eigenvalue weighted by molar-refractivity contribution is 5.94. The SMILES string of the molecule is CCCc1ccc(NC(=O)NC2(C(=O)O)CC(CO)C2)cc1. The van der Waals surface area contributed by atoms with Crippen molar-refractivity contribution in [1.82, 2.24) is 5.32 Å². The summed E-state index contributed by atoms with van der Waals surface area (Å²) in [6.07, 6.45) is 2.54. The van der Waals surface area contributed by atoms with E-state index in [4.69, 9.17) is 5.11 Å². The first-order chi connectivity index (χ1) is 10.5. The van der Waals surface area contributed by atoms with E-state index in [1.54, 1.807) is 12.1 Å². The van der Waals surface area contributed by atoms with Gasteiger partial charge in [-0.25, -0.2) is 9.59 Å². The first kappa shape index (κ1) is 16.3. The van der Waals surface area contributed by atoms with Crippen LogP contribution in [-0.2, 0) is 11.2 Å². The average molecular weight is 306 g/mol. The van der Waals surface area contributed by atoms with Crippen LogP contribution in [-0.4, -0.2) is 34.4 Å². The summed E-state index contributed by atoms with van der Waals surface area (Å²) in [5, 5.41) is 23.5. The molecule has 2 rings (SSSR count). The Bertz CT molecular complexity index is 536. The van der Waals surface area contributed by atoms with Crippen molar-refractivity contribution in [3.8, 4) is 0 Å². The molecule has 120 valence electrons. The Morgan fingerprint density at radius 1 is 1.27 bits per heavy atom. The molecule has 4 N–H and O–H groups in total. The van der Waals surface area contributed by atoms with Crippen molar-refractivity contribution in [1.29, 1.82) is 0 Å². The van der Waals surface area contributed by atoms with Crippen LogP contribution in [0.2, 0.25) is 0 Å². The number of hydrogen-bond donors (Lipinski definition) is 4. The van der Waals surface area contributed by atoms with Crippen molar-refractivity contribution in [3.63, 3.8) is 0 Å². The van der Waals surface area contributed by atoms with Gasteiger partial charge < -0.3 is 20.8 Å². The van der Waals surface area contributed by atoms with Crippen molar-refractivity contribution in [2.75, 3.05) is 11.9 Å². The lowest BCUT2D eigenvalue weighted by Gasteiger charge is -2.43. The molecule has 0 aliphatic heterocycles. The summed E-state index contributed by atoms with van der Waals surface area (Å²) in [7, 11) is 0. The molecular weight excluding hydrogens is 284 g/mol. The van der Waals surface area contributed by atoms with Gasteiger partial charge in [0, 0.05) is 12.3 Å². The molecule has 0 spiro atoms. The fraction of sp³-hybridized carbons (Fsp3) is 0.500. The molecule has 0 aromatic heterocycles. The van der Waals surface area contributed by atoms with Gasteiger partial charge in [0.15, 0.2) is 0 Å². The number of anilines is 1. The predicted molar refractivity (Wildman–Crippen MR) is 82.8 cm³/mol. The third kappa shape index (κ3) is 3.57. The van der Waals surface area contributed by atoms with E-state index in [-0.39, 0.29) is 25.4 Å². The second-order valence-electron chi connectivity index (χ2n) is 5.87. The normalized spacial score (nSPS) is 23.5. The minimum atomic E-state index is -1.26. The van der Waals surface area contributed by atoms with Crippen LogP contribution >= 0.6 is 0 Å². The Morgan fingerprint density at radius 2 is 1.91 bits per heavy atom. The largest absolute Gasteiger partial charge is 0.480 e. The topological polar surface area (TPSA) is 98.7 Å². The highest BCUT2D eigenvalue weighted by atomic mass is 16.4. The number of aryl methyl sites for hydroxylation is 1. The fourth-order valence-corrected chi connectivity index (χ4v) is 2.81. The number of aliphatic hydroxyl groups is 1. The molecule has 22 heavy (non-hydrogen) atoms. The van der Waals surface area contributed by atoms with Crippen molar-refractivity contribution >= 4 is 17.7 Å². The number of nitrogens with one attached hydrogen (secondary N) is 2. The number of urea groups is 1. The molecule has 0 unspecified atom stereocenters. The maximum Gasteiger partial charge on any atom is 0.329 e. The molecule has 1 aliphatic carbocycles. The molecule has 6 heteroatoms. The van der Waals surface area contributed by atoms with Crippen LogP contribution < -0.4 is 10.6 Å². The summed E-state index contributed by atoms with van der Waals surface area (Å²) in [6.45, 7) is 2.04. The van der Waals surface area contributed by atoms with Crippen LogP contribution in [0.3, 0.4) is 0 Å². The summed E-state index contributed by atoms with van der Waals surface area (Å²) in [4.78, 5) is 23.3. The number of hydrogen-bond acceptors (Lipinski definition) is 3. The Hall–Kier alpha value is -2.08. The van der Waals surface area contributed by atoms with Crippen molar-refractivity contribution in [2.45, 2.75) is 38.1 Å². The molecule has 6 nitrogen and oxygen atoms in total. The fourth-order valence-electron chi connectivity index (χ4n) is 2.81. The van der Waals surface area contributed by atoms with Crippen molar-refractivity contribution in [3.05, 3.63) is 29.8 Å². The standard InChI is InChI=1S/C16H22N2O4/c1-2-3-11-4-6-13(7-5-11)17-15(22)18-16(14(20)21)8-12(9-16)10-19/h4-7,12,19H,2-3,8-10H2,1H3,(H,20,21)(H2,17,18,22). The van der Waals surface area contributed by atoms with Gasteiger partial charge >= 0.3 is 12.0 Å². The van der Waals surface area contributed by atoms with E-state index in [1.165, 1.54) is 5.56 Å². The Balaban J connectivity index is 1.93. The molecule has 1 aromatic carbocycles.